The lowest BCUT2D eigenvalue weighted by Gasteiger charge is -2.02. The van der Waals surface area contributed by atoms with Gasteiger partial charge in [-0.15, -0.1) is 0 Å². The number of unbranched alkanes of at least 4 members (excludes halogenated alkanes) is 3. The third-order valence-corrected chi connectivity index (χ3v) is 3.42. The Kier molecular flexibility index (Phi) is 5.96. The molecule has 0 aliphatic carbocycles. The van der Waals surface area contributed by atoms with Crippen LogP contribution in [0.3, 0.4) is 0 Å². The minimum Gasteiger partial charge on any atom is -0.481 e. The zero-order valence-corrected chi connectivity index (χ0v) is 13.1. The molecule has 124 valence electrons. The summed E-state index contributed by atoms with van der Waals surface area (Å²) in [4.78, 5) is 22.3. The van der Waals surface area contributed by atoms with Crippen molar-refractivity contribution in [1.82, 2.24) is 15.5 Å². The van der Waals surface area contributed by atoms with Gasteiger partial charge in [-0.05, 0) is 31.9 Å². The summed E-state index contributed by atoms with van der Waals surface area (Å²) in [6.07, 6.45) is 3.45. The number of carboxylic acid groups (broad SMARTS) is 1. The molecule has 0 fully saturated rings. The Labute approximate surface area is 134 Å². The number of carboxylic acids is 1. The highest BCUT2D eigenvalue weighted by molar-refractivity contribution is 5.93. The van der Waals surface area contributed by atoms with Crippen molar-refractivity contribution in [3.05, 3.63) is 29.7 Å². The Bertz CT molecular complexity index is 660. The average molecular weight is 319 g/mol. The number of H-pyrrole nitrogens is 1. The van der Waals surface area contributed by atoms with Crippen LogP contribution in [-0.4, -0.2) is 33.7 Å². The number of nitrogens with one attached hydrogen (secondary N) is 2. The first-order chi connectivity index (χ1) is 11.1. The van der Waals surface area contributed by atoms with Gasteiger partial charge in [-0.3, -0.25) is 14.7 Å². The van der Waals surface area contributed by atoms with E-state index in [0.29, 0.717) is 30.1 Å². The number of furan rings is 1. The van der Waals surface area contributed by atoms with Gasteiger partial charge in [-0.2, -0.15) is 5.10 Å². The fraction of sp³-hybridized carbons (Fsp3) is 0.438. The average Bonchev–Trinajstić information content (AvgIpc) is 3.14. The Morgan fingerprint density at radius 3 is 2.74 bits per heavy atom. The van der Waals surface area contributed by atoms with E-state index in [4.69, 9.17) is 9.52 Å². The summed E-state index contributed by atoms with van der Waals surface area (Å²) in [5.41, 5.74) is 0.983. The third kappa shape index (κ3) is 5.28. The van der Waals surface area contributed by atoms with Crippen LogP contribution >= 0.6 is 0 Å². The van der Waals surface area contributed by atoms with E-state index in [1.807, 2.05) is 19.1 Å². The van der Waals surface area contributed by atoms with Crippen LogP contribution < -0.4 is 5.32 Å². The molecular weight excluding hydrogens is 298 g/mol. The van der Waals surface area contributed by atoms with Crippen LogP contribution in [0, 0.1) is 6.92 Å². The standard InChI is InChI=1S/C16H21N3O4/c1-11-7-8-14(23-11)12-10-13(19-18-12)16(22)17-9-5-3-2-4-6-15(20)21/h7-8,10H,2-6,9H2,1H3,(H,17,22)(H,18,19)(H,20,21). The van der Waals surface area contributed by atoms with Crippen molar-refractivity contribution >= 4 is 11.9 Å². The number of amides is 1. The molecule has 0 unspecified atom stereocenters. The Morgan fingerprint density at radius 2 is 2.04 bits per heavy atom. The van der Waals surface area contributed by atoms with E-state index in [1.54, 1.807) is 6.07 Å². The predicted molar refractivity (Wildman–Crippen MR) is 84.1 cm³/mol. The smallest absolute Gasteiger partial charge is 0.303 e. The first kappa shape index (κ1) is 16.8. The van der Waals surface area contributed by atoms with E-state index in [2.05, 4.69) is 15.5 Å². The van der Waals surface area contributed by atoms with Gasteiger partial charge in [0.15, 0.2) is 11.5 Å². The van der Waals surface area contributed by atoms with Crippen molar-refractivity contribution in [3.63, 3.8) is 0 Å². The van der Waals surface area contributed by atoms with Gasteiger partial charge in [-0.1, -0.05) is 12.8 Å². The van der Waals surface area contributed by atoms with Crippen LogP contribution in [0.2, 0.25) is 0 Å². The third-order valence-electron chi connectivity index (χ3n) is 3.42. The maximum Gasteiger partial charge on any atom is 0.303 e. The Morgan fingerprint density at radius 1 is 1.26 bits per heavy atom. The number of aromatic amines is 1. The number of hydrogen-bond donors (Lipinski definition) is 3. The maximum absolute atomic E-state index is 12.0. The molecule has 0 aliphatic heterocycles. The van der Waals surface area contributed by atoms with Crippen LogP contribution in [0.4, 0.5) is 0 Å². The minimum atomic E-state index is -0.764. The second-order valence-corrected chi connectivity index (χ2v) is 5.39. The molecule has 2 heterocycles. The lowest BCUT2D eigenvalue weighted by atomic mass is 10.1. The number of hydrogen-bond acceptors (Lipinski definition) is 4. The molecule has 0 aromatic carbocycles. The molecule has 2 rings (SSSR count). The first-order valence-corrected chi connectivity index (χ1v) is 7.68. The summed E-state index contributed by atoms with van der Waals surface area (Å²) in [5, 5.41) is 18.1. The molecule has 2 aromatic rings. The molecule has 0 spiro atoms. The van der Waals surface area contributed by atoms with Crippen molar-refractivity contribution in [1.29, 1.82) is 0 Å². The predicted octanol–water partition coefficient (Wildman–Crippen LogP) is 2.74. The fourth-order valence-electron chi connectivity index (χ4n) is 2.19. The second kappa shape index (κ2) is 8.17. The van der Waals surface area contributed by atoms with E-state index < -0.39 is 5.97 Å². The highest BCUT2D eigenvalue weighted by atomic mass is 16.4. The zero-order valence-electron chi connectivity index (χ0n) is 13.1. The second-order valence-electron chi connectivity index (χ2n) is 5.39. The Hall–Kier alpha value is -2.57. The van der Waals surface area contributed by atoms with Gasteiger partial charge >= 0.3 is 5.97 Å². The van der Waals surface area contributed by atoms with Gasteiger partial charge in [0.1, 0.15) is 11.5 Å². The van der Waals surface area contributed by atoms with E-state index in [-0.39, 0.29) is 12.3 Å². The van der Waals surface area contributed by atoms with E-state index >= 15 is 0 Å². The van der Waals surface area contributed by atoms with Gasteiger partial charge in [0.2, 0.25) is 0 Å². The van der Waals surface area contributed by atoms with Crippen molar-refractivity contribution < 1.29 is 19.1 Å². The maximum atomic E-state index is 12.0. The fourth-order valence-corrected chi connectivity index (χ4v) is 2.19. The molecular formula is C16H21N3O4. The summed E-state index contributed by atoms with van der Waals surface area (Å²) in [6.45, 7) is 2.40. The molecule has 0 aliphatic rings. The van der Waals surface area contributed by atoms with Crippen molar-refractivity contribution in [2.24, 2.45) is 0 Å². The number of carbonyl (C=O) groups is 2. The summed E-state index contributed by atoms with van der Waals surface area (Å²) < 4.78 is 5.47. The minimum absolute atomic E-state index is 0.203. The SMILES string of the molecule is Cc1ccc(-c2cc(C(=O)NCCCCCCC(=O)O)n[nH]2)o1. The molecule has 23 heavy (non-hydrogen) atoms. The van der Waals surface area contributed by atoms with Crippen LogP contribution in [0.15, 0.2) is 22.6 Å². The Balaban J connectivity index is 1.70. The molecule has 0 saturated heterocycles. The molecule has 2 aromatic heterocycles. The lowest BCUT2D eigenvalue weighted by Crippen LogP contribution is -2.24. The number of carbonyl (C=O) groups excluding carboxylic acids is 1. The van der Waals surface area contributed by atoms with Gasteiger partial charge in [0.25, 0.3) is 5.91 Å². The van der Waals surface area contributed by atoms with Crippen LogP contribution in [0.25, 0.3) is 11.5 Å². The topological polar surface area (TPSA) is 108 Å². The first-order valence-electron chi connectivity index (χ1n) is 7.68. The summed E-state index contributed by atoms with van der Waals surface area (Å²) in [6, 6.07) is 5.32. The van der Waals surface area contributed by atoms with Gasteiger partial charge in [0.05, 0.1) is 0 Å². The highest BCUT2D eigenvalue weighted by Gasteiger charge is 2.12. The molecule has 0 bridgehead atoms. The van der Waals surface area contributed by atoms with Gasteiger partial charge in [-0.25, -0.2) is 0 Å². The molecule has 0 radical (unpaired) electrons. The molecule has 7 nitrogen and oxygen atoms in total. The molecule has 0 saturated carbocycles. The quantitative estimate of drug-likeness (QED) is 0.616. The normalized spacial score (nSPS) is 10.7. The highest BCUT2D eigenvalue weighted by Crippen LogP contribution is 2.20. The van der Waals surface area contributed by atoms with Crippen LogP contribution in [0.1, 0.15) is 48.4 Å². The van der Waals surface area contributed by atoms with Crippen molar-refractivity contribution in [3.8, 4) is 11.5 Å². The zero-order chi connectivity index (χ0) is 16.7. The van der Waals surface area contributed by atoms with Gasteiger partial charge < -0.3 is 14.8 Å². The molecule has 0 atom stereocenters. The van der Waals surface area contributed by atoms with Crippen LogP contribution in [-0.2, 0) is 4.79 Å². The number of aromatic nitrogens is 2. The molecule has 1 amide bonds. The molecule has 3 N–H and O–H groups in total. The number of rotatable bonds is 9. The summed E-state index contributed by atoms with van der Waals surface area (Å²) in [5.74, 6) is 0.441. The van der Waals surface area contributed by atoms with E-state index in [9.17, 15) is 9.59 Å². The summed E-state index contributed by atoms with van der Waals surface area (Å²) in [7, 11) is 0. The molecule has 7 heteroatoms. The van der Waals surface area contributed by atoms with Gasteiger partial charge in [0, 0.05) is 19.0 Å². The van der Waals surface area contributed by atoms with Crippen molar-refractivity contribution in [2.75, 3.05) is 6.54 Å². The van der Waals surface area contributed by atoms with Crippen molar-refractivity contribution in [2.45, 2.75) is 39.0 Å². The summed E-state index contributed by atoms with van der Waals surface area (Å²) >= 11 is 0. The van der Waals surface area contributed by atoms with E-state index in [0.717, 1.165) is 25.0 Å². The number of aryl methyl sites for hydroxylation is 1. The number of nitrogens with zero attached hydrogens (tertiary/aromatic N) is 1. The van der Waals surface area contributed by atoms with E-state index in [1.165, 1.54) is 0 Å². The monoisotopic (exact) mass is 319 g/mol. The largest absolute Gasteiger partial charge is 0.481 e. The van der Waals surface area contributed by atoms with Crippen LogP contribution in [0.5, 0.6) is 0 Å². The number of aliphatic carboxylic acids is 1. The lowest BCUT2D eigenvalue weighted by molar-refractivity contribution is -0.137.